The van der Waals surface area contributed by atoms with Gasteiger partial charge in [-0.3, -0.25) is 0 Å². The molecule has 24 heavy (non-hydrogen) atoms. The molecule has 1 N–H and O–H groups in total. The zero-order valence-corrected chi connectivity index (χ0v) is 13.7. The fourth-order valence-corrected chi connectivity index (χ4v) is 2.93. The van der Waals surface area contributed by atoms with Crippen molar-refractivity contribution in [1.29, 1.82) is 0 Å². The Morgan fingerprint density at radius 2 is 1.79 bits per heavy atom. The van der Waals surface area contributed by atoms with Crippen LogP contribution in [0.15, 0.2) is 48.5 Å². The summed E-state index contributed by atoms with van der Waals surface area (Å²) in [6, 6.07) is 12.9. The Balaban J connectivity index is 1.78. The van der Waals surface area contributed by atoms with Gasteiger partial charge in [0.05, 0.1) is 5.56 Å². The summed E-state index contributed by atoms with van der Waals surface area (Å²) in [5.41, 5.74) is 1.20. The van der Waals surface area contributed by atoms with Crippen LogP contribution in [0.1, 0.15) is 11.1 Å². The van der Waals surface area contributed by atoms with Crippen molar-refractivity contribution in [2.75, 3.05) is 24.5 Å². The number of halogens is 4. The van der Waals surface area contributed by atoms with Crippen LogP contribution in [0.4, 0.5) is 18.9 Å². The normalized spacial score (nSPS) is 15.2. The predicted molar refractivity (Wildman–Crippen MR) is 90.3 cm³/mol. The fourth-order valence-electron chi connectivity index (χ4n) is 2.74. The molecule has 3 rings (SSSR count). The Morgan fingerprint density at radius 3 is 2.33 bits per heavy atom. The molecule has 6 heteroatoms. The molecule has 128 valence electrons. The molecule has 2 nitrogen and oxygen atoms in total. The molecule has 1 heterocycles. The topological polar surface area (TPSA) is 15.3 Å². The Hall–Kier alpha value is -1.72. The summed E-state index contributed by atoms with van der Waals surface area (Å²) in [4.78, 5) is 2.17. The second-order valence-electron chi connectivity index (χ2n) is 6.08. The average molecular weight is 355 g/mol. The van der Waals surface area contributed by atoms with Crippen LogP contribution >= 0.6 is 11.6 Å². The van der Waals surface area contributed by atoms with E-state index in [9.17, 15) is 13.2 Å². The average Bonchev–Trinajstić information content (AvgIpc) is 2.49. The maximum absolute atomic E-state index is 12.7. The minimum Gasteiger partial charge on any atom is -0.367 e. The van der Waals surface area contributed by atoms with Gasteiger partial charge < -0.3 is 10.2 Å². The summed E-state index contributed by atoms with van der Waals surface area (Å²) in [5, 5.41) is 3.89. The summed E-state index contributed by atoms with van der Waals surface area (Å²) in [6.07, 6.45) is -4.30. The minimum atomic E-state index is -4.30. The quantitative estimate of drug-likeness (QED) is 0.845. The zero-order chi connectivity index (χ0) is 17.2. The van der Waals surface area contributed by atoms with Gasteiger partial charge in [0.1, 0.15) is 0 Å². The number of benzene rings is 2. The van der Waals surface area contributed by atoms with Crippen LogP contribution in [0, 0.1) is 5.92 Å². The molecule has 2 aromatic carbocycles. The second kappa shape index (κ2) is 7.03. The van der Waals surface area contributed by atoms with Crippen LogP contribution < -0.4 is 10.2 Å². The van der Waals surface area contributed by atoms with E-state index < -0.39 is 11.7 Å². The Labute approximate surface area is 144 Å². The smallest absolute Gasteiger partial charge is 0.367 e. The first-order valence-corrected chi connectivity index (χ1v) is 8.17. The van der Waals surface area contributed by atoms with Gasteiger partial charge in [0.15, 0.2) is 0 Å². The van der Waals surface area contributed by atoms with Crippen LogP contribution in [-0.4, -0.2) is 19.6 Å². The molecule has 0 bridgehead atoms. The molecule has 0 aromatic heterocycles. The molecule has 0 aliphatic carbocycles. The lowest BCUT2D eigenvalue weighted by atomic mass is 10.0. The van der Waals surface area contributed by atoms with E-state index in [-0.39, 0.29) is 0 Å². The van der Waals surface area contributed by atoms with Crippen molar-refractivity contribution in [3.8, 4) is 0 Å². The number of nitrogens with one attached hydrogen (secondary N) is 1. The van der Waals surface area contributed by atoms with Gasteiger partial charge >= 0.3 is 6.18 Å². The summed E-state index contributed by atoms with van der Waals surface area (Å²) >= 11 is 6.08. The van der Waals surface area contributed by atoms with Crippen LogP contribution in [0.5, 0.6) is 0 Å². The minimum absolute atomic E-state index is 0.540. The van der Waals surface area contributed by atoms with Crippen LogP contribution in [0.2, 0.25) is 5.02 Å². The third kappa shape index (κ3) is 4.22. The number of nitrogens with zero attached hydrogens (tertiary/aromatic N) is 1. The van der Waals surface area contributed by atoms with Gasteiger partial charge in [-0.25, -0.2) is 0 Å². The van der Waals surface area contributed by atoms with Gasteiger partial charge in [0, 0.05) is 42.8 Å². The molecule has 0 saturated carbocycles. The maximum Gasteiger partial charge on any atom is 0.416 e. The molecule has 1 aliphatic rings. The number of anilines is 1. The standard InChI is InChI=1S/C18H18ClF3N2/c19-16-2-1-3-17(8-16)24(12-14-9-23-10-14)11-13-4-6-15(7-5-13)18(20,21)22/h1-8,14,23H,9-12H2. The molecule has 2 aromatic rings. The van der Waals surface area contributed by atoms with E-state index in [1.54, 1.807) is 12.1 Å². The van der Waals surface area contributed by atoms with Crippen molar-refractivity contribution in [3.05, 3.63) is 64.7 Å². The molecule has 0 spiro atoms. The van der Waals surface area contributed by atoms with Crippen molar-refractivity contribution in [2.45, 2.75) is 12.7 Å². The molecule has 1 saturated heterocycles. The predicted octanol–water partition coefficient (Wildman–Crippen LogP) is 4.58. The Kier molecular flexibility index (Phi) is 5.01. The molecule has 0 unspecified atom stereocenters. The van der Waals surface area contributed by atoms with Crippen molar-refractivity contribution < 1.29 is 13.2 Å². The molecular weight excluding hydrogens is 337 g/mol. The lowest BCUT2D eigenvalue weighted by Gasteiger charge is -2.34. The molecule has 0 amide bonds. The largest absolute Gasteiger partial charge is 0.416 e. The van der Waals surface area contributed by atoms with E-state index in [0.29, 0.717) is 17.5 Å². The number of hydrogen-bond acceptors (Lipinski definition) is 2. The summed E-state index contributed by atoms with van der Waals surface area (Å²) in [6.45, 7) is 3.32. The van der Waals surface area contributed by atoms with E-state index in [4.69, 9.17) is 11.6 Å². The summed E-state index contributed by atoms with van der Waals surface area (Å²) in [7, 11) is 0. The van der Waals surface area contributed by atoms with Crippen LogP contribution in [0.25, 0.3) is 0 Å². The van der Waals surface area contributed by atoms with E-state index >= 15 is 0 Å². The van der Waals surface area contributed by atoms with Crippen molar-refractivity contribution in [3.63, 3.8) is 0 Å². The molecule has 1 fully saturated rings. The molecule has 0 radical (unpaired) electrons. The van der Waals surface area contributed by atoms with Gasteiger partial charge in [-0.05, 0) is 35.9 Å². The monoisotopic (exact) mass is 354 g/mol. The maximum atomic E-state index is 12.7. The van der Waals surface area contributed by atoms with Gasteiger partial charge in [-0.15, -0.1) is 0 Å². The van der Waals surface area contributed by atoms with Crippen molar-refractivity contribution in [1.82, 2.24) is 5.32 Å². The van der Waals surface area contributed by atoms with Crippen LogP contribution in [-0.2, 0) is 12.7 Å². The highest BCUT2D eigenvalue weighted by Gasteiger charge is 2.30. The third-order valence-corrected chi connectivity index (χ3v) is 4.41. The van der Waals surface area contributed by atoms with E-state index in [1.165, 1.54) is 0 Å². The SMILES string of the molecule is FC(F)(F)c1ccc(CN(CC2CNC2)c2cccc(Cl)c2)cc1. The van der Waals surface area contributed by atoms with Crippen molar-refractivity contribution in [2.24, 2.45) is 5.92 Å². The van der Waals surface area contributed by atoms with E-state index in [2.05, 4.69) is 10.2 Å². The van der Waals surface area contributed by atoms with E-state index in [1.807, 2.05) is 24.3 Å². The first kappa shape index (κ1) is 17.1. The van der Waals surface area contributed by atoms with Crippen LogP contribution in [0.3, 0.4) is 0 Å². The van der Waals surface area contributed by atoms with Crippen molar-refractivity contribution >= 4 is 17.3 Å². The second-order valence-corrected chi connectivity index (χ2v) is 6.52. The highest BCUT2D eigenvalue weighted by Crippen LogP contribution is 2.30. The summed E-state index contributed by atoms with van der Waals surface area (Å²) < 4.78 is 38.1. The highest BCUT2D eigenvalue weighted by molar-refractivity contribution is 6.30. The Morgan fingerprint density at radius 1 is 1.08 bits per heavy atom. The lowest BCUT2D eigenvalue weighted by Crippen LogP contribution is -2.48. The lowest BCUT2D eigenvalue weighted by molar-refractivity contribution is -0.137. The highest BCUT2D eigenvalue weighted by atomic mass is 35.5. The van der Waals surface area contributed by atoms with Gasteiger partial charge in [0.2, 0.25) is 0 Å². The first-order chi connectivity index (χ1) is 11.4. The molecule has 0 atom stereocenters. The third-order valence-electron chi connectivity index (χ3n) is 4.17. The number of alkyl halides is 3. The fraction of sp³-hybridized carbons (Fsp3) is 0.333. The van der Waals surface area contributed by atoms with Gasteiger partial charge in [-0.2, -0.15) is 13.2 Å². The Bertz CT molecular complexity index is 681. The van der Waals surface area contributed by atoms with Gasteiger partial charge in [0.25, 0.3) is 0 Å². The molecule has 1 aliphatic heterocycles. The number of rotatable bonds is 5. The zero-order valence-electron chi connectivity index (χ0n) is 13.0. The number of hydrogen-bond donors (Lipinski definition) is 1. The summed E-state index contributed by atoms with van der Waals surface area (Å²) in [5.74, 6) is 0.540. The van der Waals surface area contributed by atoms with Gasteiger partial charge in [-0.1, -0.05) is 29.8 Å². The van der Waals surface area contributed by atoms with E-state index in [0.717, 1.165) is 43.0 Å². The first-order valence-electron chi connectivity index (χ1n) is 7.79. The molecular formula is C18H18ClF3N2.